The standard InChI is InChI=1S/C20H34O3/c1-17(7-5-9-19(3)15-21)11-13-23-14-12-18(2)8-6-10-20(4)16-22/h9-12,21-22H,5-8,13-16H2,1-4H3. The van der Waals surface area contributed by atoms with Crippen LogP contribution in [0.15, 0.2) is 46.6 Å². The molecule has 0 aliphatic carbocycles. The van der Waals surface area contributed by atoms with Gasteiger partial charge in [0.15, 0.2) is 0 Å². The largest absolute Gasteiger partial charge is 0.392 e. The lowest BCUT2D eigenvalue weighted by atomic mass is 10.1. The SMILES string of the molecule is CC(=CCCC(C)=CCOCC=C(C)CCC=C(C)CO)CO. The monoisotopic (exact) mass is 322 g/mol. The van der Waals surface area contributed by atoms with Crippen molar-refractivity contribution in [2.45, 2.75) is 53.4 Å². The fourth-order valence-electron chi connectivity index (χ4n) is 1.90. The summed E-state index contributed by atoms with van der Waals surface area (Å²) in [7, 11) is 0. The molecule has 0 saturated heterocycles. The lowest BCUT2D eigenvalue weighted by Crippen LogP contribution is -1.93. The summed E-state index contributed by atoms with van der Waals surface area (Å²) in [6, 6.07) is 0. The van der Waals surface area contributed by atoms with Crippen LogP contribution in [0.4, 0.5) is 0 Å². The minimum atomic E-state index is 0.146. The van der Waals surface area contributed by atoms with Gasteiger partial charge in [0.2, 0.25) is 0 Å². The van der Waals surface area contributed by atoms with Crippen molar-refractivity contribution in [1.82, 2.24) is 0 Å². The lowest BCUT2D eigenvalue weighted by Gasteiger charge is -2.02. The molecule has 0 aromatic rings. The van der Waals surface area contributed by atoms with Crippen LogP contribution in [0.3, 0.4) is 0 Å². The second-order valence-corrected chi connectivity index (χ2v) is 6.13. The van der Waals surface area contributed by atoms with Crippen molar-refractivity contribution in [3.63, 3.8) is 0 Å². The molecule has 0 spiro atoms. The molecule has 23 heavy (non-hydrogen) atoms. The first-order valence-corrected chi connectivity index (χ1v) is 8.41. The Bertz CT molecular complexity index is 388. The van der Waals surface area contributed by atoms with E-state index >= 15 is 0 Å². The zero-order valence-corrected chi connectivity index (χ0v) is 15.3. The molecule has 2 N–H and O–H groups in total. The van der Waals surface area contributed by atoms with Gasteiger partial charge in [-0.05, 0) is 53.4 Å². The highest BCUT2D eigenvalue weighted by molar-refractivity contribution is 5.05. The van der Waals surface area contributed by atoms with Gasteiger partial charge in [-0.3, -0.25) is 0 Å². The average molecular weight is 322 g/mol. The Kier molecular flexibility index (Phi) is 13.7. The van der Waals surface area contributed by atoms with Crippen molar-refractivity contribution in [3.05, 3.63) is 46.6 Å². The molecule has 0 aromatic heterocycles. The molecular weight excluding hydrogens is 288 g/mol. The van der Waals surface area contributed by atoms with Gasteiger partial charge in [-0.15, -0.1) is 0 Å². The molecule has 0 unspecified atom stereocenters. The Morgan fingerprint density at radius 1 is 0.652 bits per heavy atom. The molecule has 0 aliphatic rings. The lowest BCUT2D eigenvalue weighted by molar-refractivity contribution is 0.192. The molecule has 0 bridgehead atoms. The van der Waals surface area contributed by atoms with E-state index in [0.717, 1.165) is 36.8 Å². The second-order valence-electron chi connectivity index (χ2n) is 6.13. The maximum absolute atomic E-state index is 8.92. The van der Waals surface area contributed by atoms with Crippen LogP contribution in [-0.4, -0.2) is 36.6 Å². The Morgan fingerprint density at radius 2 is 1.04 bits per heavy atom. The summed E-state index contributed by atoms with van der Waals surface area (Å²) < 4.78 is 5.61. The molecule has 3 heteroatoms. The average Bonchev–Trinajstić information content (AvgIpc) is 2.54. The van der Waals surface area contributed by atoms with Gasteiger partial charge in [0.05, 0.1) is 26.4 Å². The van der Waals surface area contributed by atoms with Crippen molar-refractivity contribution in [2.75, 3.05) is 26.4 Å². The third-order valence-electron chi connectivity index (χ3n) is 3.66. The molecule has 132 valence electrons. The van der Waals surface area contributed by atoms with Crippen LogP contribution < -0.4 is 0 Å². The van der Waals surface area contributed by atoms with E-state index in [-0.39, 0.29) is 13.2 Å². The predicted octanol–water partition coefficient (Wildman–Crippen LogP) is 4.33. The summed E-state index contributed by atoms with van der Waals surface area (Å²) in [5.74, 6) is 0. The first kappa shape index (κ1) is 21.8. The van der Waals surface area contributed by atoms with Crippen LogP contribution in [0.5, 0.6) is 0 Å². The van der Waals surface area contributed by atoms with Crippen LogP contribution >= 0.6 is 0 Å². The van der Waals surface area contributed by atoms with Crippen LogP contribution in [-0.2, 0) is 4.74 Å². The van der Waals surface area contributed by atoms with Crippen molar-refractivity contribution in [3.8, 4) is 0 Å². The molecule has 0 rings (SSSR count). The summed E-state index contributed by atoms with van der Waals surface area (Å²) in [5, 5.41) is 17.8. The topological polar surface area (TPSA) is 49.7 Å². The molecule has 0 atom stereocenters. The van der Waals surface area contributed by atoms with Gasteiger partial charge >= 0.3 is 0 Å². The minimum Gasteiger partial charge on any atom is -0.392 e. The highest BCUT2D eigenvalue weighted by atomic mass is 16.5. The first-order chi connectivity index (χ1) is 11.0. The maximum Gasteiger partial charge on any atom is 0.0654 e. The van der Waals surface area contributed by atoms with Crippen LogP contribution in [0.1, 0.15) is 53.4 Å². The van der Waals surface area contributed by atoms with Crippen molar-refractivity contribution >= 4 is 0 Å². The van der Waals surface area contributed by atoms with Gasteiger partial charge in [0, 0.05) is 0 Å². The third-order valence-corrected chi connectivity index (χ3v) is 3.66. The van der Waals surface area contributed by atoms with E-state index in [1.54, 1.807) is 0 Å². The summed E-state index contributed by atoms with van der Waals surface area (Å²) >= 11 is 0. The van der Waals surface area contributed by atoms with Gasteiger partial charge in [-0.2, -0.15) is 0 Å². The smallest absolute Gasteiger partial charge is 0.0654 e. The maximum atomic E-state index is 8.92. The summed E-state index contributed by atoms with van der Waals surface area (Å²) in [6.07, 6.45) is 12.4. The van der Waals surface area contributed by atoms with E-state index in [9.17, 15) is 0 Å². The highest BCUT2D eigenvalue weighted by Gasteiger charge is 1.92. The number of aliphatic hydroxyl groups is 2. The van der Waals surface area contributed by atoms with Crippen LogP contribution in [0.25, 0.3) is 0 Å². The quantitative estimate of drug-likeness (QED) is 0.415. The third kappa shape index (κ3) is 14.2. The zero-order chi connectivity index (χ0) is 17.5. The molecular formula is C20H34O3. The normalized spacial score (nSPS) is 14.5. The molecule has 0 heterocycles. The number of rotatable bonds is 12. The van der Waals surface area contributed by atoms with E-state index in [2.05, 4.69) is 38.2 Å². The number of hydrogen-bond acceptors (Lipinski definition) is 3. The Morgan fingerprint density at radius 3 is 1.39 bits per heavy atom. The van der Waals surface area contributed by atoms with E-state index in [0.29, 0.717) is 13.2 Å². The molecule has 0 fully saturated rings. The molecule has 0 saturated carbocycles. The van der Waals surface area contributed by atoms with E-state index in [4.69, 9.17) is 14.9 Å². The first-order valence-electron chi connectivity index (χ1n) is 8.41. The Hall–Kier alpha value is -1.16. The van der Waals surface area contributed by atoms with Gasteiger partial charge in [0.25, 0.3) is 0 Å². The summed E-state index contributed by atoms with van der Waals surface area (Å²) in [4.78, 5) is 0. The number of ether oxygens (including phenoxy) is 1. The number of aliphatic hydroxyl groups excluding tert-OH is 2. The van der Waals surface area contributed by atoms with Crippen LogP contribution in [0, 0.1) is 0 Å². The molecule has 3 nitrogen and oxygen atoms in total. The second kappa shape index (κ2) is 14.4. The molecule has 0 aromatic carbocycles. The predicted molar refractivity (Wildman–Crippen MR) is 98.5 cm³/mol. The fourth-order valence-corrected chi connectivity index (χ4v) is 1.90. The summed E-state index contributed by atoms with van der Waals surface area (Å²) in [6.45, 7) is 9.68. The Balaban J connectivity index is 3.84. The minimum absolute atomic E-state index is 0.146. The highest BCUT2D eigenvalue weighted by Crippen LogP contribution is 2.08. The zero-order valence-electron chi connectivity index (χ0n) is 15.3. The van der Waals surface area contributed by atoms with Crippen molar-refractivity contribution < 1.29 is 14.9 Å². The number of allylic oxidation sites excluding steroid dienone is 4. The van der Waals surface area contributed by atoms with E-state index < -0.39 is 0 Å². The van der Waals surface area contributed by atoms with E-state index in [1.807, 2.05) is 13.8 Å². The number of hydrogen-bond donors (Lipinski definition) is 2. The van der Waals surface area contributed by atoms with Gasteiger partial charge in [-0.1, -0.05) is 46.6 Å². The molecule has 0 radical (unpaired) electrons. The van der Waals surface area contributed by atoms with Gasteiger partial charge in [0.1, 0.15) is 0 Å². The van der Waals surface area contributed by atoms with Gasteiger partial charge in [-0.25, -0.2) is 0 Å². The van der Waals surface area contributed by atoms with Crippen molar-refractivity contribution in [1.29, 1.82) is 0 Å². The van der Waals surface area contributed by atoms with Crippen molar-refractivity contribution in [2.24, 2.45) is 0 Å². The molecule has 0 amide bonds. The van der Waals surface area contributed by atoms with Crippen LogP contribution in [0.2, 0.25) is 0 Å². The summed E-state index contributed by atoms with van der Waals surface area (Å²) in [5.41, 5.74) is 4.69. The van der Waals surface area contributed by atoms with E-state index in [1.165, 1.54) is 11.1 Å². The molecule has 0 aliphatic heterocycles. The fraction of sp³-hybridized carbons (Fsp3) is 0.600. The van der Waals surface area contributed by atoms with Gasteiger partial charge < -0.3 is 14.9 Å². The Labute approximate surface area is 142 Å².